The Morgan fingerprint density at radius 3 is 2.13 bits per heavy atom. The van der Waals surface area contributed by atoms with Crippen LogP contribution in [0.3, 0.4) is 0 Å². The minimum atomic E-state index is -0.729. The quantitative estimate of drug-likeness (QED) is 0.879. The van der Waals surface area contributed by atoms with Gasteiger partial charge in [-0.3, -0.25) is 4.79 Å². The van der Waals surface area contributed by atoms with Crippen LogP contribution in [-0.4, -0.2) is 18.0 Å². The highest BCUT2D eigenvalue weighted by Crippen LogP contribution is 2.54. The van der Waals surface area contributed by atoms with Crippen LogP contribution in [0.1, 0.15) is 38.5 Å². The Hall–Kier alpha value is -1.49. The Morgan fingerprint density at radius 2 is 1.61 bits per heavy atom. The van der Waals surface area contributed by atoms with Gasteiger partial charge >= 0.3 is 0 Å². The van der Waals surface area contributed by atoms with Gasteiger partial charge in [-0.1, -0.05) is 6.07 Å². The molecule has 0 aliphatic heterocycles. The molecule has 5 heteroatoms. The van der Waals surface area contributed by atoms with Crippen molar-refractivity contribution < 1.29 is 18.9 Å². The number of amides is 1. The fourth-order valence-electron chi connectivity index (χ4n) is 5.54. The van der Waals surface area contributed by atoms with Crippen LogP contribution < -0.4 is 10.6 Å². The second kappa shape index (κ2) is 5.55. The zero-order valence-electron chi connectivity index (χ0n) is 13.2. The lowest BCUT2D eigenvalue weighted by Crippen LogP contribution is -3.00. The lowest BCUT2D eigenvalue weighted by atomic mass is 9.53. The van der Waals surface area contributed by atoms with Crippen LogP contribution in [-0.2, 0) is 4.79 Å². The van der Waals surface area contributed by atoms with Crippen molar-refractivity contribution >= 4 is 11.6 Å². The molecular weight excluding hydrogens is 298 g/mol. The Balaban J connectivity index is 1.39. The molecule has 3 nitrogen and oxygen atoms in total. The highest BCUT2D eigenvalue weighted by molar-refractivity contribution is 5.91. The zero-order chi connectivity index (χ0) is 16.0. The number of benzene rings is 1. The number of anilines is 1. The van der Waals surface area contributed by atoms with Gasteiger partial charge in [-0.05, 0) is 49.1 Å². The first-order valence-corrected chi connectivity index (χ1v) is 8.61. The van der Waals surface area contributed by atoms with Crippen molar-refractivity contribution in [2.75, 3.05) is 11.9 Å². The standard InChI is InChI=1S/C18H22F2N2O/c19-14-2-1-3-15(20)17(14)22-16(23)10-21-18-7-11-4-12(8-18)6-13(5-11)9-18/h1-3,11-13,21H,4-10H2,(H,22,23)/p+1. The molecule has 4 bridgehead atoms. The molecule has 0 saturated heterocycles. The first-order chi connectivity index (χ1) is 11.0. The number of rotatable bonds is 4. The van der Waals surface area contributed by atoms with Gasteiger partial charge in [0, 0.05) is 19.3 Å². The van der Waals surface area contributed by atoms with E-state index in [4.69, 9.17) is 0 Å². The number of nitrogens with one attached hydrogen (secondary N) is 1. The summed E-state index contributed by atoms with van der Waals surface area (Å²) in [6.45, 7) is 0.236. The van der Waals surface area contributed by atoms with Crippen LogP contribution in [0.2, 0.25) is 0 Å². The van der Waals surface area contributed by atoms with Crippen molar-refractivity contribution in [2.45, 2.75) is 44.1 Å². The van der Waals surface area contributed by atoms with Crippen molar-refractivity contribution in [1.82, 2.24) is 0 Å². The van der Waals surface area contributed by atoms with E-state index in [0.717, 1.165) is 29.9 Å². The molecule has 124 valence electrons. The fourth-order valence-corrected chi connectivity index (χ4v) is 5.54. The van der Waals surface area contributed by atoms with E-state index in [1.807, 2.05) is 0 Å². The molecule has 4 aliphatic carbocycles. The lowest BCUT2D eigenvalue weighted by molar-refractivity contribution is -0.729. The van der Waals surface area contributed by atoms with Gasteiger partial charge in [-0.2, -0.15) is 0 Å². The molecule has 4 saturated carbocycles. The molecule has 1 aromatic rings. The average Bonchev–Trinajstić information content (AvgIpc) is 2.48. The molecule has 0 atom stereocenters. The number of carbonyl (C=O) groups excluding carboxylic acids is 1. The van der Waals surface area contributed by atoms with Crippen LogP contribution in [0, 0.1) is 29.4 Å². The Morgan fingerprint density at radius 1 is 1.09 bits per heavy atom. The third kappa shape index (κ3) is 2.87. The summed E-state index contributed by atoms with van der Waals surface area (Å²) >= 11 is 0. The molecule has 1 aromatic carbocycles. The number of carbonyl (C=O) groups is 1. The van der Waals surface area contributed by atoms with E-state index in [9.17, 15) is 13.6 Å². The molecule has 0 spiro atoms. The summed E-state index contributed by atoms with van der Waals surface area (Å²) in [4.78, 5) is 12.1. The van der Waals surface area contributed by atoms with Crippen molar-refractivity contribution in [1.29, 1.82) is 0 Å². The van der Waals surface area contributed by atoms with E-state index >= 15 is 0 Å². The molecule has 0 heterocycles. The predicted octanol–water partition coefficient (Wildman–Crippen LogP) is 2.44. The summed E-state index contributed by atoms with van der Waals surface area (Å²) in [5.74, 6) is 0.685. The number of halogens is 2. The second-order valence-electron chi connectivity index (χ2n) is 7.83. The minimum Gasteiger partial charge on any atom is -0.334 e. The van der Waals surface area contributed by atoms with Gasteiger partial charge < -0.3 is 10.6 Å². The van der Waals surface area contributed by atoms with E-state index in [-0.39, 0.29) is 23.7 Å². The molecular formula is C18H23F2N2O+. The first kappa shape index (κ1) is 15.1. The van der Waals surface area contributed by atoms with Crippen LogP contribution in [0.25, 0.3) is 0 Å². The third-order valence-electron chi connectivity index (χ3n) is 6.03. The normalized spacial score (nSPS) is 34.6. The van der Waals surface area contributed by atoms with Crippen molar-refractivity contribution in [3.8, 4) is 0 Å². The van der Waals surface area contributed by atoms with E-state index in [0.29, 0.717) is 0 Å². The van der Waals surface area contributed by atoms with E-state index in [1.54, 1.807) is 0 Å². The molecule has 3 N–H and O–H groups in total. The maximum absolute atomic E-state index is 13.6. The summed E-state index contributed by atoms with van der Waals surface area (Å²) in [7, 11) is 0. The zero-order valence-corrected chi connectivity index (χ0v) is 13.2. The SMILES string of the molecule is O=C(C[NH2+]C12CC3CC(CC(C3)C1)C2)Nc1c(F)cccc1F. The van der Waals surface area contributed by atoms with Gasteiger partial charge in [0.2, 0.25) is 0 Å². The molecule has 1 amide bonds. The largest absolute Gasteiger partial charge is 0.334 e. The van der Waals surface area contributed by atoms with Crippen LogP contribution in [0.15, 0.2) is 18.2 Å². The van der Waals surface area contributed by atoms with Gasteiger partial charge in [0.05, 0.1) is 5.54 Å². The average molecular weight is 321 g/mol. The van der Waals surface area contributed by atoms with Crippen LogP contribution >= 0.6 is 0 Å². The van der Waals surface area contributed by atoms with Gasteiger partial charge in [0.25, 0.3) is 5.91 Å². The molecule has 23 heavy (non-hydrogen) atoms. The monoisotopic (exact) mass is 321 g/mol. The lowest BCUT2D eigenvalue weighted by Gasteiger charge is -2.54. The smallest absolute Gasteiger partial charge is 0.279 e. The third-order valence-corrected chi connectivity index (χ3v) is 6.03. The Labute approximate surface area is 134 Å². The minimum absolute atomic E-state index is 0.194. The Kier molecular flexibility index (Phi) is 3.63. The summed E-state index contributed by atoms with van der Waals surface area (Å²) in [6, 6.07) is 3.60. The van der Waals surface area contributed by atoms with E-state index in [2.05, 4.69) is 10.6 Å². The molecule has 4 fully saturated rings. The first-order valence-electron chi connectivity index (χ1n) is 8.61. The number of para-hydroxylation sites is 1. The van der Waals surface area contributed by atoms with Crippen molar-refractivity contribution in [3.05, 3.63) is 29.8 Å². The van der Waals surface area contributed by atoms with Crippen LogP contribution in [0.5, 0.6) is 0 Å². The van der Waals surface area contributed by atoms with E-state index < -0.39 is 11.6 Å². The van der Waals surface area contributed by atoms with Crippen molar-refractivity contribution in [3.63, 3.8) is 0 Å². The van der Waals surface area contributed by atoms with Gasteiger partial charge in [0.1, 0.15) is 17.3 Å². The molecule has 5 rings (SSSR count). The summed E-state index contributed by atoms with van der Waals surface area (Å²) in [6.07, 6.45) is 7.67. The maximum Gasteiger partial charge on any atom is 0.279 e. The Bertz CT molecular complexity index is 576. The highest BCUT2D eigenvalue weighted by Gasteiger charge is 2.53. The number of nitrogens with two attached hydrogens (primary N) is 1. The topological polar surface area (TPSA) is 45.7 Å². The fraction of sp³-hybridized carbons (Fsp3) is 0.611. The predicted molar refractivity (Wildman–Crippen MR) is 82.7 cm³/mol. The molecule has 0 radical (unpaired) electrons. The number of hydrogen-bond acceptors (Lipinski definition) is 1. The van der Waals surface area contributed by atoms with Crippen molar-refractivity contribution in [2.24, 2.45) is 17.8 Å². The molecule has 4 aliphatic rings. The van der Waals surface area contributed by atoms with Gasteiger partial charge in [0.15, 0.2) is 6.54 Å². The number of hydrogen-bond donors (Lipinski definition) is 2. The summed E-state index contributed by atoms with van der Waals surface area (Å²) < 4.78 is 27.2. The molecule has 0 aromatic heterocycles. The molecule has 0 unspecified atom stereocenters. The van der Waals surface area contributed by atoms with E-state index in [1.165, 1.54) is 44.6 Å². The van der Waals surface area contributed by atoms with Crippen LogP contribution in [0.4, 0.5) is 14.5 Å². The maximum atomic E-state index is 13.6. The second-order valence-corrected chi connectivity index (χ2v) is 7.83. The number of quaternary nitrogens is 1. The highest BCUT2D eigenvalue weighted by atomic mass is 19.1. The summed E-state index contributed by atoms with van der Waals surface area (Å²) in [5, 5.41) is 4.54. The van der Waals surface area contributed by atoms with Gasteiger partial charge in [-0.25, -0.2) is 8.78 Å². The summed E-state index contributed by atoms with van der Waals surface area (Å²) in [5.41, 5.74) is -0.142. The van der Waals surface area contributed by atoms with Gasteiger partial charge in [-0.15, -0.1) is 0 Å².